The molecule has 0 heterocycles. The Bertz CT molecular complexity index is 526. The van der Waals surface area contributed by atoms with E-state index in [1.54, 1.807) is 13.0 Å². The first kappa shape index (κ1) is 12.6. The number of carbonyl (C=O) groups is 1. The molecule has 1 rings (SSSR count). The molecule has 0 bridgehead atoms. The van der Waals surface area contributed by atoms with Crippen molar-refractivity contribution in [3.05, 3.63) is 29.3 Å². The fraction of sp³-hybridized carbons (Fsp3) is 0.167. The van der Waals surface area contributed by atoms with Crippen LogP contribution in [0.4, 0.5) is 0 Å². The van der Waals surface area contributed by atoms with Crippen molar-refractivity contribution in [1.29, 1.82) is 5.26 Å². The number of rotatable bonds is 2. The normalized spacial score (nSPS) is 11.4. The third-order valence-corrected chi connectivity index (χ3v) is 2.28. The minimum absolute atomic E-state index is 0.141. The quantitative estimate of drug-likeness (QED) is 0.350. The predicted octanol–water partition coefficient (Wildman–Crippen LogP) is 1.57. The maximum absolute atomic E-state index is 11.3. The molecule has 0 amide bonds. The number of nitrogens with zero attached hydrogens (tertiary/aromatic N) is 1. The van der Waals surface area contributed by atoms with Crippen molar-refractivity contribution in [3.63, 3.8) is 0 Å². The highest BCUT2D eigenvalue weighted by atomic mass is 16.5. The number of hydrogen-bond acceptors (Lipinski definition) is 5. The van der Waals surface area contributed by atoms with E-state index in [1.807, 2.05) is 0 Å². The van der Waals surface area contributed by atoms with Crippen LogP contribution < -0.4 is 0 Å². The summed E-state index contributed by atoms with van der Waals surface area (Å²) in [6.45, 7) is 1.56. The average Bonchev–Trinajstić information content (AvgIpc) is 2.33. The molecule has 1 aromatic carbocycles. The lowest BCUT2D eigenvalue weighted by molar-refractivity contribution is -0.135. The number of allylic oxidation sites excluding steroid dienone is 1. The van der Waals surface area contributed by atoms with E-state index in [4.69, 9.17) is 10.4 Å². The molecule has 5 nitrogen and oxygen atoms in total. The third-order valence-electron chi connectivity index (χ3n) is 2.28. The fourth-order valence-electron chi connectivity index (χ4n) is 1.29. The highest BCUT2D eigenvalue weighted by Crippen LogP contribution is 2.29. The van der Waals surface area contributed by atoms with Gasteiger partial charge in [0.05, 0.1) is 7.11 Å². The summed E-state index contributed by atoms with van der Waals surface area (Å²) < 4.78 is 4.47. The van der Waals surface area contributed by atoms with Crippen LogP contribution in [0.3, 0.4) is 0 Å². The molecule has 5 heteroatoms. The van der Waals surface area contributed by atoms with Gasteiger partial charge in [-0.1, -0.05) is 6.07 Å². The second-order valence-corrected chi connectivity index (χ2v) is 3.31. The van der Waals surface area contributed by atoms with Gasteiger partial charge in [0.1, 0.15) is 11.6 Å². The van der Waals surface area contributed by atoms with Gasteiger partial charge in [0.25, 0.3) is 0 Å². The Labute approximate surface area is 98.2 Å². The monoisotopic (exact) mass is 233 g/mol. The van der Waals surface area contributed by atoms with Crippen LogP contribution in [-0.4, -0.2) is 23.3 Å². The molecule has 1 aromatic rings. The number of esters is 1. The van der Waals surface area contributed by atoms with Crippen LogP contribution in [0, 0.1) is 11.3 Å². The largest absolute Gasteiger partial charge is 0.504 e. The summed E-state index contributed by atoms with van der Waals surface area (Å²) in [5.74, 6) is -1.32. The van der Waals surface area contributed by atoms with Crippen molar-refractivity contribution in [3.8, 4) is 17.6 Å². The van der Waals surface area contributed by atoms with E-state index in [1.165, 1.54) is 25.3 Å². The highest BCUT2D eigenvalue weighted by molar-refractivity contribution is 6.01. The van der Waals surface area contributed by atoms with E-state index in [9.17, 15) is 9.90 Å². The summed E-state index contributed by atoms with van der Waals surface area (Å²) in [4.78, 5) is 11.3. The number of phenolic OH excluding ortho intramolecular Hbond substituents is 2. The van der Waals surface area contributed by atoms with Gasteiger partial charge < -0.3 is 14.9 Å². The van der Waals surface area contributed by atoms with Gasteiger partial charge >= 0.3 is 5.97 Å². The minimum Gasteiger partial charge on any atom is -0.504 e. The molecular weight excluding hydrogens is 222 g/mol. The molecule has 0 aliphatic rings. The van der Waals surface area contributed by atoms with Crippen LogP contribution in [0.15, 0.2) is 23.8 Å². The van der Waals surface area contributed by atoms with Gasteiger partial charge in [-0.2, -0.15) is 5.26 Å². The van der Waals surface area contributed by atoms with Gasteiger partial charge in [-0.05, 0) is 30.2 Å². The number of benzene rings is 1. The Hall–Kier alpha value is -2.48. The van der Waals surface area contributed by atoms with E-state index in [2.05, 4.69) is 4.74 Å². The number of nitriles is 1. The maximum Gasteiger partial charge on any atom is 0.348 e. The molecule has 88 valence electrons. The molecule has 0 aliphatic heterocycles. The van der Waals surface area contributed by atoms with Crippen molar-refractivity contribution in [2.45, 2.75) is 6.92 Å². The zero-order chi connectivity index (χ0) is 13.0. The van der Waals surface area contributed by atoms with E-state index in [0.717, 1.165) is 0 Å². The van der Waals surface area contributed by atoms with Crippen molar-refractivity contribution < 1.29 is 19.7 Å². The predicted molar refractivity (Wildman–Crippen MR) is 60.0 cm³/mol. The Morgan fingerprint density at radius 3 is 2.47 bits per heavy atom. The first-order chi connectivity index (χ1) is 8.01. The van der Waals surface area contributed by atoms with Crippen molar-refractivity contribution in [1.82, 2.24) is 0 Å². The lowest BCUT2D eigenvalue weighted by Crippen LogP contribution is -2.05. The van der Waals surface area contributed by atoms with Crippen molar-refractivity contribution in [2.24, 2.45) is 0 Å². The third kappa shape index (κ3) is 2.55. The molecule has 0 saturated carbocycles. The number of aromatic hydroxyl groups is 2. The molecule has 17 heavy (non-hydrogen) atoms. The zero-order valence-electron chi connectivity index (χ0n) is 9.39. The van der Waals surface area contributed by atoms with Crippen LogP contribution in [0.1, 0.15) is 12.5 Å². The van der Waals surface area contributed by atoms with E-state index in [0.29, 0.717) is 11.1 Å². The summed E-state index contributed by atoms with van der Waals surface area (Å²) in [6.07, 6.45) is 0. The van der Waals surface area contributed by atoms with Crippen LogP contribution in [0.25, 0.3) is 5.57 Å². The first-order valence-corrected chi connectivity index (χ1v) is 4.73. The summed E-state index contributed by atoms with van der Waals surface area (Å²) in [7, 11) is 1.18. The Morgan fingerprint density at radius 1 is 1.35 bits per heavy atom. The molecular formula is C12H11NO4. The number of phenols is 2. The van der Waals surface area contributed by atoms with Crippen molar-refractivity contribution in [2.75, 3.05) is 7.11 Å². The summed E-state index contributed by atoms with van der Waals surface area (Å²) in [6, 6.07) is 5.78. The number of ether oxygens (including phenoxy) is 1. The molecule has 0 fully saturated rings. The molecule has 2 N–H and O–H groups in total. The summed E-state index contributed by atoms with van der Waals surface area (Å²) in [5, 5.41) is 27.3. The second-order valence-electron chi connectivity index (χ2n) is 3.31. The fourth-order valence-corrected chi connectivity index (χ4v) is 1.29. The molecule has 0 aromatic heterocycles. The van der Waals surface area contributed by atoms with Crippen molar-refractivity contribution >= 4 is 11.5 Å². The Balaban J connectivity index is 3.31. The number of hydrogen-bond donors (Lipinski definition) is 2. The standard InChI is InChI=1S/C12H11NO4/c1-7(9(6-13)12(16)17-2)8-3-4-10(14)11(15)5-8/h3-5,14-15H,1-2H3. The van der Waals surface area contributed by atoms with Gasteiger partial charge in [0.2, 0.25) is 0 Å². The molecule has 0 radical (unpaired) electrons. The maximum atomic E-state index is 11.3. The van der Waals surface area contributed by atoms with Crippen LogP contribution in [-0.2, 0) is 9.53 Å². The van der Waals surface area contributed by atoms with E-state index in [-0.39, 0.29) is 17.1 Å². The van der Waals surface area contributed by atoms with Gasteiger partial charge in [-0.25, -0.2) is 4.79 Å². The number of carbonyl (C=O) groups excluding carboxylic acids is 1. The van der Waals surface area contributed by atoms with Gasteiger partial charge in [-0.15, -0.1) is 0 Å². The molecule has 0 aliphatic carbocycles. The topological polar surface area (TPSA) is 90.6 Å². The lowest BCUT2D eigenvalue weighted by atomic mass is 10.0. The van der Waals surface area contributed by atoms with Crippen LogP contribution >= 0.6 is 0 Å². The van der Waals surface area contributed by atoms with Gasteiger partial charge in [0.15, 0.2) is 11.5 Å². The SMILES string of the molecule is COC(=O)C(C#N)=C(C)c1ccc(O)c(O)c1. The highest BCUT2D eigenvalue weighted by Gasteiger charge is 2.14. The Kier molecular flexibility index (Phi) is 3.73. The second kappa shape index (κ2) is 5.03. The number of methoxy groups -OCH3 is 1. The molecule has 0 atom stereocenters. The Morgan fingerprint density at radius 2 is 2.00 bits per heavy atom. The smallest absolute Gasteiger partial charge is 0.348 e. The van der Waals surface area contributed by atoms with Gasteiger partial charge in [0, 0.05) is 0 Å². The molecule has 0 saturated heterocycles. The average molecular weight is 233 g/mol. The van der Waals surface area contributed by atoms with Crippen LogP contribution in [0.2, 0.25) is 0 Å². The van der Waals surface area contributed by atoms with Crippen LogP contribution in [0.5, 0.6) is 11.5 Å². The zero-order valence-corrected chi connectivity index (χ0v) is 9.39. The molecule has 0 unspecified atom stereocenters. The van der Waals surface area contributed by atoms with Gasteiger partial charge in [-0.3, -0.25) is 0 Å². The van der Waals surface area contributed by atoms with E-state index >= 15 is 0 Å². The molecule has 0 spiro atoms. The first-order valence-electron chi connectivity index (χ1n) is 4.73. The summed E-state index contributed by atoms with van der Waals surface area (Å²) in [5.41, 5.74) is 0.689. The van der Waals surface area contributed by atoms with E-state index < -0.39 is 5.97 Å². The summed E-state index contributed by atoms with van der Waals surface area (Å²) >= 11 is 0. The minimum atomic E-state index is -0.738. The lowest BCUT2D eigenvalue weighted by Gasteiger charge is -2.06.